The third-order valence-corrected chi connectivity index (χ3v) is 3.51. The number of nitrogens with two attached hydrogens (primary N) is 1. The van der Waals surface area contributed by atoms with Gasteiger partial charge >= 0.3 is 0 Å². The molecular formula is C12H16F2N2OS. The summed E-state index contributed by atoms with van der Waals surface area (Å²) in [5.41, 5.74) is 5.71. The Balaban J connectivity index is 2.38. The van der Waals surface area contributed by atoms with Gasteiger partial charge in [-0.1, -0.05) is 6.92 Å². The van der Waals surface area contributed by atoms with Gasteiger partial charge in [0.05, 0.1) is 5.75 Å². The van der Waals surface area contributed by atoms with Crippen LogP contribution in [0.2, 0.25) is 0 Å². The molecule has 0 heterocycles. The van der Waals surface area contributed by atoms with Gasteiger partial charge in [-0.3, -0.25) is 4.79 Å². The van der Waals surface area contributed by atoms with Crippen LogP contribution in [0.5, 0.6) is 0 Å². The Bertz CT molecular complexity index is 415. The highest BCUT2D eigenvalue weighted by molar-refractivity contribution is 7.99. The fourth-order valence-corrected chi connectivity index (χ4v) is 2.11. The smallest absolute Gasteiger partial charge is 0.234 e. The van der Waals surface area contributed by atoms with E-state index in [1.54, 1.807) is 0 Å². The molecule has 1 amide bonds. The van der Waals surface area contributed by atoms with Crippen LogP contribution in [-0.4, -0.2) is 24.0 Å². The fourth-order valence-electron chi connectivity index (χ4n) is 1.19. The van der Waals surface area contributed by atoms with E-state index in [1.807, 2.05) is 6.92 Å². The number of carbonyl (C=O) groups excluding carboxylic acids is 1. The predicted octanol–water partition coefficient (Wildman–Crippen LogP) is 2.23. The minimum Gasteiger partial charge on any atom is -0.330 e. The summed E-state index contributed by atoms with van der Waals surface area (Å²) in [6.07, 6.45) is 0. The maximum absolute atomic E-state index is 12.9. The van der Waals surface area contributed by atoms with Gasteiger partial charge in [-0.25, -0.2) is 8.78 Å². The van der Waals surface area contributed by atoms with Gasteiger partial charge in [0.2, 0.25) is 5.91 Å². The Morgan fingerprint density at radius 2 is 2.17 bits per heavy atom. The summed E-state index contributed by atoms with van der Waals surface area (Å²) in [4.78, 5) is 11.5. The van der Waals surface area contributed by atoms with Crippen LogP contribution in [0.1, 0.15) is 6.92 Å². The zero-order valence-corrected chi connectivity index (χ0v) is 10.9. The molecule has 6 heteroatoms. The van der Waals surface area contributed by atoms with Crippen molar-refractivity contribution in [1.29, 1.82) is 0 Å². The normalized spacial score (nSPS) is 12.2. The van der Waals surface area contributed by atoms with Gasteiger partial charge < -0.3 is 11.1 Å². The number of hydrogen-bond donors (Lipinski definition) is 2. The largest absolute Gasteiger partial charge is 0.330 e. The monoisotopic (exact) mass is 274 g/mol. The Hall–Kier alpha value is -1.14. The lowest BCUT2D eigenvalue weighted by Gasteiger charge is -2.08. The number of hydrogen-bond acceptors (Lipinski definition) is 3. The lowest BCUT2D eigenvalue weighted by Crippen LogP contribution is -2.17. The van der Waals surface area contributed by atoms with Crippen LogP contribution in [-0.2, 0) is 4.79 Å². The van der Waals surface area contributed by atoms with Gasteiger partial charge in [0.1, 0.15) is 0 Å². The van der Waals surface area contributed by atoms with E-state index in [0.29, 0.717) is 12.5 Å². The highest BCUT2D eigenvalue weighted by Gasteiger charge is 2.07. The van der Waals surface area contributed by atoms with E-state index in [-0.39, 0.29) is 17.3 Å². The predicted molar refractivity (Wildman–Crippen MR) is 70.5 cm³/mol. The van der Waals surface area contributed by atoms with E-state index < -0.39 is 11.6 Å². The van der Waals surface area contributed by atoms with E-state index in [4.69, 9.17) is 5.73 Å². The standard InChI is InChI=1S/C12H16F2N2OS/c1-8(5-15)6-18-7-12(17)16-9-2-3-10(13)11(14)4-9/h2-4,8H,5-7,15H2,1H3,(H,16,17). The molecule has 0 bridgehead atoms. The van der Waals surface area contributed by atoms with Crippen LogP contribution in [0, 0.1) is 17.6 Å². The molecule has 0 spiro atoms. The van der Waals surface area contributed by atoms with E-state index >= 15 is 0 Å². The highest BCUT2D eigenvalue weighted by atomic mass is 32.2. The maximum Gasteiger partial charge on any atom is 0.234 e. The van der Waals surface area contributed by atoms with Crippen molar-refractivity contribution in [3.05, 3.63) is 29.8 Å². The Kier molecular flexibility index (Phi) is 6.07. The maximum atomic E-state index is 12.9. The number of rotatable bonds is 6. The summed E-state index contributed by atoms with van der Waals surface area (Å²) in [5.74, 6) is -0.733. The summed E-state index contributed by atoms with van der Waals surface area (Å²) in [6, 6.07) is 3.26. The van der Waals surface area contributed by atoms with E-state index in [0.717, 1.165) is 17.9 Å². The lowest BCUT2D eigenvalue weighted by atomic mass is 10.2. The molecule has 3 nitrogen and oxygen atoms in total. The molecular weight excluding hydrogens is 258 g/mol. The minimum absolute atomic E-state index is 0.241. The van der Waals surface area contributed by atoms with Gasteiger partial charge in [0.25, 0.3) is 0 Å². The summed E-state index contributed by atoms with van der Waals surface area (Å²) in [5, 5.41) is 2.50. The first-order valence-corrected chi connectivity index (χ1v) is 6.71. The number of thioether (sulfide) groups is 1. The quantitative estimate of drug-likeness (QED) is 0.836. The molecule has 1 aromatic rings. The van der Waals surface area contributed by atoms with Gasteiger partial charge in [-0.2, -0.15) is 11.8 Å². The number of anilines is 1. The van der Waals surface area contributed by atoms with Crippen LogP contribution < -0.4 is 11.1 Å². The molecule has 1 rings (SSSR count). The molecule has 1 atom stereocenters. The molecule has 0 aliphatic heterocycles. The van der Waals surface area contributed by atoms with Crippen LogP contribution in [0.15, 0.2) is 18.2 Å². The fraction of sp³-hybridized carbons (Fsp3) is 0.417. The molecule has 1 aromatic carbocycles. The summed E-state index contributed by atoms with van der Waals surface area (Å²) < 4.78 is 25.6. The van der Waals surface area contributed by atoms with Crippen LogP contribution in [0.25, 0.3) is 0 Å². The second-order valence-electron chi connectivity index (χ2n) is 4.03. The third kappa shape index (κ3) is 5.01. The number of amides is 1. The Morgan fingerprint density at radius 1 is 1.44 bits per heavy atom. The molecule has 0 saturated carbocycles. The van der Waals surface area contributed by atoms with E-state index in [1.165, 1.54) is 17.8 Å². The van der Waals surface area contributed by atoms with Crippen molar-refractivity contribution in [3.63, 3.8) is 0 Å². The molecule has 18 heavy (non-hydrogen) atoms. The lowest BCUT2D eigenvalue weighted by molar-refractivity contribution is -0.113. The van der Waals surface area contributed by atoms with E-state index in [9.17, 15) is 13.6 Å². The summed E-state index contributed by atoms with van der Waals surface area (Å²) in [6.45, 7) is 2.58. The van der Waals surface area contributed by atoms with Gasteiger partial charge in [-0.15, -0.1) is 0 Å². The number of nitrogens with one attached hydrogen (secondary N) is 1. The van der Waals surface area contributed by atoms with Gasteiger partial charge in [-0.05, 0) is 30.3 Å². The molecule has 0 aromatic heterocycles. The molecule has 0 aliphatic rings. The van der Waals surface area contributed by atoms with Crippen LogP contribution in [0.4, 0.5) is 14.5 Å². The zero-order valence-electron chi connectivity index (χ0n) is 10.1. The highest BCUT2D eigenvalue weighted by Crippen LogP contribution is 2.14. The second kappa shape index (κ2) is 7.33. The summed E-state index contributed by atoms with van der Waals surface area (Å²) >= 11 is 1.46. The summed E-state index contributed by atoms with van der Waals surface area (Å²) in [7, 11) is 0. The molecule has 0 aliphatic carbocycles. The average Bonchev–Trinajstić information content (AvgIpc) is 2.33. The van der Waals surface area contributed by atoms with Crippen molar-refractivity contribution >= 4 is 23.4 Å². The first kappa shape index (κ1) is 14.9. The Labute approximate surface area is 109 Å². The molecule has 0 radical (unpaired) electrons. The van der Waals surface area contributed by atoms with Crippen molar-refractivity contribution in [2.24, 2.45) is 11.7 Å². The van der Waals surface area contributed by atoms with Gasteiger partial charge in [0, 0.05) is 11.8 Å². The van der Waals surface area contributed by atoms with Crippen molar-refractivity contribution in [2.45, 2.75) is 6.92 Å². The molecule has 100 valence electrons. The minimum atomic E-state index is -0.975. The molecule has 0 fully saturated rings. The SMILES string of the molecule is CC(CN)CSCC(=O)Nc1ccc(F)c(F)c1. The Morgan fingerprint density at radius 3 is 2.78 bits per heavy atom. The topological polar surface area (TPSA) is 55.1 Å². The number of halogens is 2. The van der Waals surface area contributed by atoms with Crippen molar-refractivity contribution in [3.8, 4) is 0 Å². The number of benzene rings is 1. The van der Waals surface area contributed by atoms with Crippen molar-refractivity contribution < 1.29 is 13.6 Å². The van der Waals surface area contributed by atoms with E-state index in [2.05, 4.69) is 5.32 Å². The molecule has 1 unspecified atom stereocenters. The molecule has 0 saturated heterocycles. The van der Waals surface area contributed by atoms with Gasteiger partial charge in [0.15, 0.2) is 11.6 Å². The third-order valence-electron chi connectivity index (χ3n) is 2.24. The second-order valence-corrected chi connectivity index (χ2v) is 5.06. The van der Waals surface area contributed by atoms with Crippen molar-refractivity contribution in [1.82, 2.24) is 0 Å². The first-order valence-electron chi connectivity index (χ1n) is 5.55. The van der Waals surface area contributed by atoms with Crippen LogP contribution in [0.3, 0.4) is 0 Å². The average molecular weight is 274 g/mol. The first-order chi connectivity index (χ1) is 8.52. The zero-order chi connectivity index (χ0) is 13.5. The number of carbonyl (C=O) groups is 1. The van der Waals surface area contributed by atoms with Crippen LogP contribution >= 0.6 is 11.8 Å². The molecule has 3 N–H and O–H groups in total. The van der Waals surface area contributed by atoms with Crippen molar-refractivity contribution in [2.75, 3.05) is 23.4 Å².